The second kappa shape index (κ2) is 7.95. The van der Waals surface area contributed by atoms with Crippen LogP contribution < -0.4 is 5.32 Å². The molecule has 30 heavy (non-hydrogen) atoms. The van der Waals surface area contributed by atoms with Crippen molar-refractivity contribution in [3.05, 3.63) is 83.8 Å². The van der Waals surface area contributed by atoms with Crippen LogP contribution in [0.2, 0.25) is 0 Å². The lowest BCUT2D eigenvalue weighted by Gasteiger charge is -2.15. The van der Waals surface area contributed by atoms with Crippen molar-refractivity contribution in [3.63, 3.8) is 0 Å². The molecule has 0 bridgehead atoms. The Morgan fingerprint density at radius 2 is 1.90 bits per heavy atom. The van der Waals surface area contributed by atoms with Crippen LogP contribution in [0.4, 0.5) is 10.2 Å². The molecule has 1 aliphatic rings. The Balaban J connectivity index is 1.49. The quantitative estimate of drug-likeness (QED) is 0.386. The zero-order valence-electron chi connectivity index (χ0n) is 16.5. The second-order valence-corrected chi connectivity index (χ2v) is 8.14. The summed E-state index contributed by atoms with van der Waals surface area (Å²) in [5.41, 5.74) is 6.33. The average Bonchev–Trinajstić information content (AvgIpc) is 3.39. The highest BCUT2D eigenvalue weighted by molar-refractivity contribution is 7.98. The van der Waals surface area contributed by atoms with Gasteiger partial charge in [0.15, 0.2) is 5.16 Å². The second-order valence-electron chi connectivity index (χ2n) is 7.34. The Labute approximate surface area is 179 Å². The molecular formula is C24H21FN4S. The van der Waals surface area contributed by atoms with Crippen molar-refractivity contribution in [2.75, 3.05) is 11.6 Å². The molecule has 4 nitrogen and oxygen atoms in total. The molecule has 0 spiro atoms. The first-order valence-corrected chi connectivity index (χ1v) is 11.1. The smallest absolute Gasteiger partial charge is 0.166 e. The van der Waals surface area contributed by atoms with Gasteiger partial charge in [0.2, 0.25) is 0 Å². The summed E-state index contributed by atoms with van der Waals surface area (Å²) in [5.74, 6) is 0.574. The van der Waals surface area contributed by atoms with Gasteiger partial charge in [-0.1, -0.05) is 36.0 Å². The van der Waals surface area contributed by atoms with Gasteiger partial charge >= 0.3 is 0 Å². The Kier molecular flexibility index (Phi) is 5.01. The van der Waals surface area contributed by atoms with Crippen molar-refractivity contribution in [2.24, 2.45) is 0 Å². The van der Waals surface area contributed by atoms with E-state index < -0.39 is 0 Å². The summed E-state index contributed by atoms with van der Waals surface area (Å²) in [4.78, 5) is 12.7. The number of H-pyrrole nitrogens is 1. The van der Waals surface area contributed by atoms with Crippen molar-refractivity contribution in [2.45, 2.75) is 24.0 Å². The minimum atomic E-state index is -0.253. The summed E-state index contributed by atoms with van der Waals surface area (Å²) in [6, 6.07) is 19.3. The van der Waals surface area contributed by atoms with E-state index in [4.69, 9.17) is 4.98 Å². The average molecular weight is 417 g/mol. The fraction of sp³-hybridized carbons (Fsp3) is 0.167. The van der Waals surface area contributed by atoms with Gasteiger partial charge in [-0.3, -0.25) is 0 Å². The minimum absolute atomic E-state index is 0.253. The fourth-order valence-electron chi connectivity index (χ4n) is 4.02. The predicted octanol–water partition coefficient (Wildman–Crippen LogP) is 6.10. The Morgan fingerprint density at radius 3 is 2.73 bits per heavy atom. The van der Waals surface area contributed by atoms with Gasteiger partial charge in [0.1, 0.15) is 11.6 Å². The number of rotatable bonds is 5. The highest BCUT2D eigenvalue weighted by Gasteiger charge is 2.22. The first-order valence-electron chi connectivity index (χ1n) is 9.92. The van der Waals surface area contributed by atoms with Crippen LogP contribution >= 0.6 is 11.8 Å². The van der Waals surface area contributed by atoms with Crippen LogP contribution in [0.5, 0.6) is 0 Å². The number of halogens is 1. The third-order valence-electron chi connectivity index (χ3n) is 5.50. The molecule has 1 unspecified atom stereocenters. The molecule has 0 fully saturated rings. The largest absolute Gasteiger partial charge is 0.363 e. The van der Waals surface area contributed by atoms with Gasteiger partial charge in [-0.15, -0.1) is 0 Å². The summed E-state index contributed by atoms with van der Waals surface area (Å²) in [6.07, 6.45) is 5.93. The van der Waals surface area contributed by atoms with Gasteiger partial charge in [0.05, 0.1) is 17.4 Å². The van der Waals surface area contributed by atoms with Crippen molar-refractivity contribution < 1.29 is 4.39 Å². The molecule has 0 radical (unpaired) electrons. The number of aromatic amines is 1. The lowest BCUT2D eigenvalue weighted by molar-refractivity contribution is 0.628. The van der Waals surface area contributed by atoms with Crippen LogP contribution in [0, 0.1) is 5.82 Å². The Hall–Kier alpha value is -3.12. The first kappa shape index (κ1) is 18.9. The van der Waals surface area contributed by atoms with Gasteiger partial charge in [0.25, 0.3) is 0 Å². The molecule has 1 atom stereocenters. The number of anilines is 1. The maximum absolute atomic E-state index is 13.4. The lowest BCUT2D eigenvalue weighted by atomic mass is 10.1. The summed E-state index contributed by atoms with van der Waals surface area (Å²) in [5, 5.41) is 4.41. The van der Waals surface area contributed by atoms with Gasteiger partial charge in [-0.05, 0) is 66.6 Å². The van der Waals surface area contributed by atoms with E-state index in [2.05, 4.69) is 39.6 Å². The van der Waals surface area contributed by atoms with Gasteiger partial charge in [-0.25, -0.2) is 14.4 Å². The number of hydrogen-bond acceptors (Lipinski definition) is 4. The minimum Gasteiger partial charge on any atom is -0.363 e. The number of hydrogen-bond donors (Lipinski definition) is 2. The summed E-state index contributed by atoms with van der Waals surface area (Å²) < 4.78 is 13.4. The zero-order valence-corrected chi connectivity index (χ0v) is 17.3. The Bertz CT molecular complexity index is 1190. The molecule has 4 aromatic rings. The number of thioether (sulfide) groups is 1. The molecule has 2 heterocycles. The maximum Gasteiger partial charge on any atom is 0.166 e. The van der Waals surface area contributed by atoms with Crippen LogP contribution in [0.1, 0.15) is 23.6 Å². The molecule has 1 aliphatic carbocycles. The van der Waals surface area contributed by atoms with E-state index in [1.54, 1.807) is 30.1 Å². The molecule has 6 heteroatoms. The zero-order chi connectivity index (χ0) is 20.5. The van der Waals surface area contributed by atoms with Crippen molar-refractivity contribution in [1.82, 2.24) is 15.0 Å². The molecule has 0 saturated heterocycles. The molecule has 0 saturated carbocycles. The van der Waals surface area contributed by atoms with E-state index in [0.717, 1.165) is 46.3 Å². The first-order chi connectivity index (χ1) is 14.7. The third-order valence-corrected chi connectivity index (χ3v) is 6.08. The van der Waals surface area contributed by atoms with Crippen LogP contribution in [0.25, 0.3) is 22.5 Å². The Morgan fingerprint density at radius 1 is 1.07 bits per heavy atom. The van der Waals surface area contributed by atoms with Crippen LogP contribution in [0.15, 0.2) is 72.0 Å². The monoisotopic (exact) mass is 416 g/mol. The van der Waals surface area contributed by atoms with Gasteiger partial charge in [-0.2, -0.15) is 0 Å². The van der Waals surface area contributed by atoms with Crippen molar-refractivity contribution >= 4 is 17.6 Å². The number of benzene rings is 2. The molecule has 2 N–H and O–H groups in total. The highest BCUT2D eigenvalue weighted by atomic mass is 32.2. The molecule has 150 valence electrons. The van der Waals surface area contributed by atoms with E-state index in [9.17, 15) is 4.39 Å². The fourth-order valence-corrected chi connectivity index (χ4v) is 4.41. The summed E-state index contributed by atoms with van der Waals surface area (Å²) in [6.45, 7) is 0. The van der Waals surface area contributed by atoms with Crippen LogP contribution in [-0.2, 0) is 6.42 Å². The number of aromatic nitrogens is 3. The normalized spacial score (nSPS) is 15.2. The number of pyridine rings is 1. The number of nitrogens with one attached hydrogen (secondary N) is 2. The van der Waals surface area contributed by atoms with Gasteiger partial charge < -0.3 is 10.3 Å². The molecule has 0 amide bonds. The van der Waals surface area contributed by atoms with E-state index in [-0.39, 0.29) is 11.9 Å². The molecule has 2 aromatic heterocycles. The highest BCUT2D eigenvalue weighted by Crippen LogP contribution is 2.36. The van der Waals surface area contributed by atoms with Gasteiger partial charge in [0, 0.05) is 17.3 Å². The number of fused-ring (bicyclic) bond motifs is 1. The summed E-state index contributed by atoms with van der Waals surface area (Å²) in [7, 11) is 0. The van der Waals surface area contributed by atoms with Crippen molar-refractivity contribution in [3.8, 4) is 22.5 Å². The third kappa shape index (κ3) is 3.59. The van der Waals surface area contributed by atoms with E-state index in [0.29, 0.717) is 0 Å². The molecule has 2 aromatic carbocycles. The maximum atomic E-state index is 13.4. The van der Waals surface area contributed by atoms with Crippen LogP contribution in [-0.4, -0.2) is 21.2 Å². The van der Waals surface area contributed by atoms with E-state index in [1.807, 2.05) is 18.4 Å². The SMILES string of the molecule is CSc1nc(-c2ccnc(NC3CCc4ccccc43)c2)c(-c2ccc(F)cc2)[nH]1. The standard InChI is InChI=1S/C24H21FN4S/c1-30-24-28-22(16-6-9-18(25)10-7-16)23(29-24)17-12-13-26-21(14-17)27-20-11-8-15-4-2-3-5-19(15)20/h2-7,9-10,12-14,20H,8,11H2,1H3,(H,26,27)(H,28,29). The number of imidazole rings is 1. The van der Waals surface area contributed by atoms with E-state index in [1.165, 1.54) is 23.3 Å². The predicted molar refractivity (Wildman–Crippen MR) is 120 cm³/mol. The van der Waals surface area contributed by atoms with Crippen LogP contribution in [0.3, 0.4) is 0 Å². The topological polar surface area (TPSA) is 53.6 Å². The number of aryl methyl sites for hydroxylation is 1. The molecular weight excluding hydrogens is 395 g/mol. The van der Waals surface area contributed by atoms with E-state index >= 15 is 0 Å². The lowest BCUT2D eigenvalue weighted by Crippen LogP contribution is -2.08. The van der Waals surface area contributed by atoms with Crippen molar-refractivity contribution in [1.29, 1.82) is 0 Å². The summed E-state index contributed by atoms with van der Waals surface area (Å²) >= 11 is 1.55. The number of nitrogens with zero attached hydrogens (tertiary/aromatic N) is 2. The molecule has 0 aliphatic heterocycles. The molecule has 5 rings (SSSR count).